The number of hydrogen-bond acceptors (Lipinski definition) is 7. The average Bonchev–Trinajstić information content (AvgIpc) is 3.05. The number of aryl methyl sites for hydroxylation is 2. The van der Waals surface area contributed by atoms with Crippen molar-refractivity contribution >= 4 is 16.9 Å². The molecule has 0 radical (unpaired) electrons. The highest BCUT2D eigenvalue weighted by atomic mass is 16.5. The minimum absolute atomic E-state index is 0.0204. The SMILES string of the molecule is Cc1cc(=O)oc2c(OCc3cn(CC(=O)O)nn3)c3c(cc12)CCC(C)(C)O3. The van der Waals surface area contributed by atoms with E-state index in [1.54, 1.807) is 0 Å². The zero-order valence-corrected chi connectivity index (χ0v) is 16.4. The number of hydrogen-bond donors (Lipinski definition) is 1. The fraction of sp³-hybridized carbons (Fsp3) is 0.400. The summed E-state index contributed by atoms with van der Waals surface area (Å²) in [6.45, 7) is 5.57. The Morgan fingerprint density at radius 1 is 1.38 bits per heavy atom. The predicted molar refractivity (Wildman–Crippen MR) is 102 cm³/mol. The number of fused-ring (bicyclic) bond motifs is 2. The Kier molecular flexibility index (Phi) is 4.52. The Morgan fingerprint density at radius 2 is 2.17 bits per heavy atom. The van der Waals surface area contributed by atoms with Crippen molar-refractivity contribution in [1.29, 1.82) is 0 Å². The summed E-state index contributed by atoms with van der Waals surface area (Å²) in [6.07, 6.45) is 3.16. The highest BCUT2D eigenvalue weighted by Gasteiger charge is 2.31. The molecule has 1 N–H and O–H groups in total. The van der Waals surface area contributed by atoms with Gasteiger partial charge >= 0.3 is 11.6 Å². The van der Waals surface area contributed by atoms with Crippen molar-refractivity contribution in [3.8, 4) is 11.5 Å². The van der Waals surface area contributed by atoms with E-state index in [1.165, 1.54) is 16.9 Å². The van der Waals surface area contributed by atoms with Crippen molar-refractivity contribution in [1.82, 2.24) is 15.0 Å². The van der Waals surface area contributed by atoms with Crippen LogP contribution in [0.5, 0.6) is 11.5 Å². The molecule has 9 heteroatoms. The minimum Gasteiger partial charge on any atom is -0.484 e. The van der Waals surface area contributed by atoms with Gasteiger partial charge in [-0.25, -0.2) is 9.48 Å². The van der Waals surface area contributed by atoms with E-state index in [1.807, 2.05) is 26.8 Å². The highest BCUT2D eigenvalue weighted by molar-refractivity contribution is 5.89. The van der Waals surface area contributed by atoms with Crippen molar-refractivity contribution in [2.45, 2.75) is 52.4 Å². The molecule has 0 amide bonds. The summed E-state index contributed by atoms with van der Waals surface area (Å²) in [6, 6.07) is 3.43. The average molecular weight is 399 g/mol. The minimum atomic E-state index is -1.02. The summed E-state index contributed by atoms with van der Waals surface area (Å²) < 4.78 is 18.9. The summed E-state index contributed by atoms with van der Waals surface area (Å²) in [5, 5.41) is 17.3. The van der Waals surface area contributed by atoms with Gasteiger partial charge in [-0.2, -0.15) is 0 Å². The van der Waals surface area contributed by atoms with E-state index in [-0.39, 0.29) is 18.8 Å². The predicted octanol–water partition coefficient (Wildman–Crippen LogP) is 2.46. The molecular formula is C20H21N3O6. The molecular weight excluding hydrogens is 378 g/mol. The summed E-state index contributed by atoms with van der Waals surface area (Å²) >= 11 is 0. The van der Waals surface area contributed by atoms with Crippen LogP contribution in [0.4, 0.5) is 0 Å². The van der Waals surface area contributed by atoms with Gasteiger partial charge in [0.1, 0.15) is 24.4 Å². The lowest BCUT2D eigenvalue weighted by atomic mass is 9.92. The van der Waals surface area contributed by atoms with Gasteiger partial charge in [-0.1, -0.05) is 5.21 Å². The summed E-state index contributed by atoms with van der Waals surface area (Å²) in [7, 11) is 0. The number of benzene rings is 1. The van der Waals surface area contributed by atoms with Gasteiger partial charge in [-0.05, 0) is 50.8 Å². The van der Waals surface area contributed by atoms with Gasteiger partial charge < -0.3 is 19.0 Å². The first-order valence-electron chi connectivity index (χ1n) is 9.25. The molecule has 152 valence electrons. The van der Waals surface area contributed by atoms with Crippen LogP contribution in [0.15, 0.2) is 27.5 Å². The van der Waals surface area contributed by atoms with Crippen LogP contribution in [0.25, 0.3) is 11.0 Å². The molecule has 0 atom stereocenters. The van der Waals surface area contributed by atoms with Gasteiger partial charge in [-0.15, -0.1) is 5.10 Å². The molecule has 1 aliphatic heterocycles. The molecule has 29 heavy (non-hydrogen) atoms. The zero-order chi connectivity index (χ0) is 20.8. The Hall–Kier alpha value is -3.36. The van der Waals surface area contributed by atoms with Gasteiger partial charge in [-0.3, -0.25) is 4.79 Å². The van der Waals surface area contributed by atoms with Crippen LogP contribution in [0, 0.1) is 6.92 Å². The van der Waals surface area contributed by atoms with Gasteiger partial charge in [0.25, 0.3) is 0 Å². The van der Waals surface area contributed by atoms with E-state index in [0.29, 0.717) is 22.8 Å². The summed E-state index contributed by atoms with van der Waals surface area (Å²) in [5.74, 6) is -0.113. The van der Waals surface area contributed by atoms with E-state index in [4.69, 9.17) is 19.0 Å². The standard InChI is InChI=1S/C20H21N3O6/c1-11-6-16(26)28-18-14(11)7-12-4-5-20(2,3)29-17(12)19(18)27-10-13-8-23(22-21-13)9-15(24)25/h6-8H,4-5,9-10H2,1-3H3,(H,24,25). The number of carboxylic acid groups (broad SMARTS) is 1. The molecule has 3 heterocycles. The number of carboxylic acids is 1. The fourth-order valence-electron chi connectivity index (χ4n) is 3.41. The first-order chi connectivity index (χ1) is 13.7. The number of carbonyl (C=O) groups is 1. The van der Waals surface area contributed by atoms with E-state index in [0.717, 1.165) is 29.4 Å². The molecule has 2 aromatic heterocycles. The summed E-state index contributed by atoms with van der Waals surface area (Å²) in [5.41, 5.74) is 1.70. The molecule has 4 rings (SSSR count). The van der Waals surface area contributed by atoms with E-state index in [9.17, 15) is 9.59 Å². The molecule has 0 fully saturated rings. The number of aliphatic carboxylic acids is 1. The first kappa shape index (κ1) is 19.0. The van der Waals surface area contributed by atoms with Crippen LogP contribution >= 0.6 is 0 Å². The molecule has 0 saturated heterocycles. The van der Waals surface area contributed by atoms with Crippen LogP contribution in [-0.2, 0) is 24.4 Å². The van der Waals surface area contributed by atoms with E-state index in [2.05, 4.69) is 10.3 Å². The van der Waals surface area contributed by atoms with Crippen molar-refractivity contribution in [3.05, 3.63) is 45.6 Å². The molecule has 0 aliphatic carbocycles. The molecule has 0 unspecified atom stereocenters. The Bertz CT molecular complexity index is 1160. The Morgan fingerprint density at radius 3 is 2.93 bits per heavy atom. The molecule has 9 nitrogen and oxygen atoms in total. The van der Waals surface area contributed by atoms with Crippen LogP contribution in [-0.4, -0.2) is 31.7 Å². The lowest BCUT2D eigenvalue weighted by molar-refractivity contribution is -0.137. The number of rotatable bonds is 5. The van der Waals surface area contributed by atoms with E-state index < -0.39 is 11.6 Å². The maximum atomic E-state index is 12.0. The van der Waals surface area contributed by atoms with Gasteiger partial charge in [0.05, 0.1) is 6.20 Å². The zero-order valence-electron chi connectivity index (χ0n) is 16.4. The number of nitrogens with zero attached hydrogens (tertiary/aromatic N) is 3. The third-order valence-corrected chi connectivity index (χ3v) is 4.85. The third-order valence-electron chi connectivity index (χ3n) is 4.85. The smallest absolute Gasteiger partial charge is 0.336 e. The van der Waals surface area contributed by atoms with Crippen LogP contribution in [0.1, 0.15) is 37.1 Å². The molecule has 0 bridgehead atoms. The van der Waals surface area contributed by atoms with Crippen LogP contribution in [0.2, 0.25) is 0 Å². The van der Waals surface area contributed by atoms with Crippen molar-refractivity contribution in [2.75, 3.05) is 0 Å². The molecule has 1 aliphatic rings. The lowest BCUT2D eigenvalue weighted by Crippen LogP contribution is -2.32. The molecule has 0 spiro atoms. The number of aromatic nitrogens is 3. The van der Waals surface area contributed by atoms with Crippen LogP contribution in [0.3, 0.4) is 0 Å². The molecule has 0 saturated carbocycles. The monoisotopic (exact) mass is 399 g/mol. The highest BCUT2D eigenvalue weighted by Crippen LogP contribution is 2.45. The largest absolute Gasteiger partial charge is 0.484 e. The van der Waals surface area contributed by atoms with Crippen molar-refractivity contribution in [2.24, 2.45) is 0 Å². The van der Waals surface area contributed by atoms with Crippen molar-refractivity contribution in [3.63, 3.8) is 0 Å². The lowest BCUT2D eigenvalue weighted by Gasteiger charge is -2.33. The normalized spacial score (nSPS) is 15.0. The Balaban J connectivity index is 1.76. The second-order valence-corrected chi connectivity index (χ2v) is 7.77. The Labute approximate surface area is 165 Å². The maximum absolute atomic E-state index is 12.0. The van der Waals surface area contributed by atoms with Gasteiger partial charge in [0.2, 0.25) is 5.75 Å². The fourth-order valence-corrected chi connectivity index (χ4v) is 3.41. The van der Waals surface area contributed by atoms with Crippen molar-refractivity contribution < 1.29 is 23.8 Å². The molecule has 1 aromatic carbocycles. The van der Waals surface area contributed by atoms with Crippen LogP contribution < -0.4 is 15.1 Å². The third kappa shape index (κ3) is 3.80. The van der Waals surface area contributed by atoms with Gasteiger partial charge in [0, 0.05) is 11.5 Å². The number of ether oxygens (including phenoxy) is 2. The molecule has 3 aromatic rings. The second-order valence-electron chi connectivity index (χ2n) is 7.77. The topological polar surface area (TPSA) is 117 Å². The van der Waals surface area contributed by atoms with Gasteiger partial charge in [0.15, 0.2) is 11.3 Å². The summed E-state index contributed by atoms with van der Waals surface area (Å²) in [4.78, 5) is 22.8. The maximum Gasteiger partial charge on any atom is 0.336 e. The van der Waals surface area contributed by atoms with E-state index >= 15 is 0 Å². The second kappa shape index (κ2) is 6.91. The first-order valence-corrected chi connectivity index (χ1v) is 9.25. The quantitative estimate of drug-likeness (QED) is 0.650.